The van der Waals surface area contributed by atoms with E-state index in [1.807, 2.05) is 12.1 Å². The van der Waals surface area contributed by atoms with Gasteiger partial charge in [0.1, 0.15) is 18.5 Å². The first-order valence-corrected chi connectivity index (χ1v) is 9.57. The number of halogens is 4. The van der Waals surface area contributed by atoms with E-state index in [0.717, 1.165) is 37.0 Å². The number of aryl methyl sites for hydroxylation is 1. The molecule has 2 aromatic rings. The lowest BCUT2D eigenvalue weighted by Gasteiger charge is -2.37. The number of hydrogen-bond donors (Lipinski definition) is 1. The molecule has 0 aromatic heterocycles. The lowest BCUT2D eigenvalue weighted by atomic mass is 10.1. The highest BCUT2D eigenvalue weighted by molar-refractivity contribution is 6.31. The summed E-state index contributed by atoms with van der Waals surface area (Å²) in [6.45, 7) is 6.65. The molecule has 8 heteroatoms. The number of rotatable bonds is 6. The molecule has 4 nitrogen and oxygen atoms in total. The van der Waals surface area contributed by atoms with Crippen LogP contribution in [0.5, 0.6) is 5.75 Å². The molecular formula is C20H26Cl4N2O2. The molecule has 0 bridgehead atoms. The number of nitrogens with zero attached hydrogens (tertiary/aromatic N) is 2. The van der Waals surface area contributed by atoms with E-state index >= 15 is 0 Å². The van der Waals surface area contributed by atoms with Gasteiger partial charge in [-0.25, -0.2) is 0 Å². The van der Waals surface area contributed by atoms with Crippen molar-refractivity contribution in [2.24, 2.45) is 0 Å². The zero-order valence-corrected chi connectivity index (χ0v) is 18.8. The summed E-state index contributed by atoms with van der Waals surface area (Å²) in [7, 11) is 0. The van der Waals surface area contributed by atoms with Crippen LogP contribution in [0.25, 0.3) is 0 Å². The minimum absolute atomic E-state index is 0. The van der Waals surface area contributed by atoms with E-state index in [4.69, 9.17) is 27.9 Å². The fourth-order valence-corrected chi connectivity index (χ4v) is 3.46. The van der Waals surface area contributed by atoms with Crippen LogP contribution in [-0.4, -0.2) is 55.4 Å². The van der Waals surface area contributed by atoms with Crippen LogP contribution in [-0.2, 0) is 0 Å². The van der Waals surface area contributed by atoms with Gasteiger partial charge in [-0.05, 0) is 48.9 Å². The van der Waals surface area contributed by atoms with Gasteiger partial charge in [0.05, 0.1) is 0 Å². The molecule has 3 rings (SSSR count). The van der Waals surface area contributed by atoms with Crippen molar-refractivity contribution in [1.82, 2.24) is 4.90 Å². The number of piperazine rings is 1. The molecule has 28 heavy (non-hydrogen) atoms. The molecule has 1 fully saturated rings. The predicted molar refractivity (Wildman–Crippen MR) is 122 cm³/mol. The van der Waals surface area contributed by atoms with E-state index in [0.29, 0.717) is 11.6 Å². The van der Waals surface area contributed by atoms with E-state index in [2.05, 4.69) is 22.8 Å². The minimum atomic E-state index is -0.523. The normalized spacial score (nSPS) is 15.4. The van der Waals surface area contributed by atoms with Gasteiger partial charge in [0.25, 0.3) is 0 Å². The average Bonchev–Trinajstić information content (AvgIpc) is 2.64. The van der Waals surface area contributed by atoms with Crippen molar-refractivity contribution in [2.75, 3.05) is 44.2 Å². The van der Waals surface area contributed by atoms with E-state index in [1.165, 1.54) is 11.3 Å². The standard InChI is InChI=1S/C20H24Cl2N2O2.2ClH/c1-15-2-3-17(22)12-20(15)24-10-8-23(9-11-24)13-18(25)14-26-19-6-4-16(21)5-7-19;;/h2-7,12,18,25H,8-11,13-14H2,1H3;2*1H. The van der Waals surface area contributed by atoms with Crippen LogP contribution in [0.3, 0.4) is 0 Å². The summed E-state index contributed by atoms with van der Waals surface area (Å²) in [4.78, 5) is 4.63. The molecule has 1 saturated heterocycles. The van der Waals surface area contributed by atoms with Gasteiger partial charge in [-0.1, -0.05) is 29.3 Å². The number of aliphatic hydroxyl groups is 1. The largest absolute Gasteiger partial charge is 0.491 e. The van der Waals surface area contributed by atoms with Gasteiger partial charge in [-0.15, -0.1) is 24.8 Å². The Balaban J connectivity index is 0.00000196. The van der Waals surface area contributed by atoms with Crippen molar-refractivity contribution >= 4 is 53.7 Å². The maximum Gasteiger partial charge on any atom is 0.119 e. The lowest BCUT2D eigenvalue weighted by Crippen LogP contribution is -2.49. The van der Waals surface area contributed by atoms with E-state index < -0.39 is 6.10 Å². The summed E-state index contributed by atoms with van der Waals surface area (Å²) in [5.74, 6) is 0.717. The highest BCUT2D eigenvalue weighted by Crippen LogP contribution is 2.25. The molecule has 2 aromatic carbocycles. The van der Waals surface area contributed by atoms with Gasteiger partial charge in [0.2, 0.25) is 0 Å². The Morgan fingerprint density at radius 3 is 2.21 bits per heavy atom. The molecule has 1 N–H and O–H groups in total. The summed E-state index contributed by atoms with van der Waals surface area (Å²) in [6, 6.07) is 13.2. The van der Waals surface area contributed by atoms with Crippen molar-refractivity contribution in [3.8, 4) is 5.75 Å². The Bertz CT molecular complexity index is 723. The second kappa shape index (κ2) is 12.0. The number of aliphatic hydroxyl groups excluding tert-OH is 1. The van der Waals surface area contributed by atoms with Crippen molar-refractivity contribution in [1.29, 1.82) is 0 Å². The number of anilines is 1. The van der Waals surface area contributed by atoms with Crippen LogP contribution >= 0.6 is 48.0 Å². The third-order valence-electron chi connectivity index (χ3n) is 4.61. The molecule has 0 radical (unpaired) electrons. The summed E-state index contributed by atoms with van der Waals surface area (Å²) in [5.41, 5.74) is 2.43. The number of benzene rings is 2. The highest BCUT2D eigenvalue weighted by Gasteiger charge is 2.20. The molecule has 0 amide bonds. The van der Waals surface area contributed by atoms with Gasteiger partial charge in [-0.2, -0.15) is 0 Å². The summed E-state index contributed by atoms with van der Waals surface area (Å²) >= 11 is 12.0. The second-order valence-corrected chi connectivity index (χ2v) is 7.51. The van der Waals surface area contributed by atoms with Gasteiger partial charge < -0.3 is 14.7 Å². The van der Waals surface area contributed by atoms with Crippen molar-refractivity contribution < 1.29 is 9.84 Å². The van der Waals surface area contributed by atoms with E-state index in [9.17, 15) is 5.11 Å². The van der Waals surface area contributed by atoms with Crippen LogP contribution in [0, 0.1) is 6.92 Å². The first-order chi connectivity index (χ1) is 12.5. The molecule has 1 unspecified atom stereocenters. The average molecular weight is 468 g/mol. The topological polar surface area (TPSA) is 35.9 Å². The fraction of sp³-hybridized carbons (Fsp3) is 0.400. The number of ether oxygens (including phenoxy) is 1. The van der Waals surface area contributed by atoms with Gasteiger partial charge in [-0.3, -0.25) is 4.90 Å². The molecular weight excluding hydrogens is 442 g/mol. The van der Waals surface area contributed by atoms with Crippen LogP contribution in [0.15, 0.2) is 42.5 Å². The molecule has 0 spiro atoms. The van der Waals surface area contributed by atoms with Crippen molar-refractivity contribution in [3.63, 3.8) is 0 Å². The minimum Gasteiger partial charge on any atom is -0.491 e. The van der Waals surface area contributed by atoms with Gasteiger partial charge in [0, 0.05) is 48.5 Å². The predicted octanol–water partition coefficient (Wildman–Crippen LogP) is 4.71. The highest BCUT2D eigenvalue weighted by atomic mass is 35.5. The Morgan fingerprint density at radius 1 is 0.964 bits per heavy atom. The third-order valence-corrected chi connectivity index (χ3v) is 5.10. The molecule has 1 aliphatic rings. The molecule has 1 aliphatic heterocycles. The van der Waals surface area contributed by atoms with Crippen molar-refractivity contribution in [3.05, 3.63) is 58.1 Å². The Labute approximate surface area is 189 Å². The fourth-order valence-electron chi connectivity index (χ4n) is 3.17. The summed E-state index contributed by atoms with van der Waals surface area (Å²) < 4.78 is 5.62. The first-order valence-electron chi connectivity index (χ1n) is 8.81. The maximum atomic E-state index is 10.3. The lowest BCUT2D eigenvalue weighted by molar-refractivity contribution is 0.0663. The molecule has 0 saturated carbocycles. The zero-order chi connectivity index (χ0) is 18.5. The monoisotopic (exact) mass is 466 g/mol. The maximum absolute atomic E-state index is 10.3. The summed E-state index contributed by atoms with van der Waals surface area (Å²) in [5, 5.41) is 11.7. The van der Waals surface area contributed by atoms with Gasteiger partial charge >= 0.3 is 0 Å². The van der Waals surface area contributed by atoms with E-state index in [-0.39, 0.29) is 31.4 Å². The smallest absolute Gasteiger partial charge is 0.119 e. The first kappa shape index (κ1) is 25.2. The molecule has 156 valence electrons. The molecule has 1 heterocycles. The van der Waals surface area contributed by atoms with Crippen LogP contribution in [0.2, 0.25) is 10.0 Å². The van der Waals surface area contributed by atoms with Crippen LogP contribution in [0.1, 0.15) is 5.56 Å². The Morgan fingerprint density at radius 2 is 1.57 bits per heavy atom. The second-order valence-electron chi connectivity index (χ2n) is 6.64. The Hall–Kier alpha value is -0.880. The Kier molecular flexibility index (Phi) is 10.7. The molecule has 1 atom stereocenters. The number of β-amino-alcohol motifs (C(OH)–C–C–N with tert-alkyl or cyclic N) is 1. The quantitative estimate of drug-likeness (QED) is 0.667. The SMILES string of the molecule is Cc1ccc(Cl)cc1N1CCN(CC(O)COc2ccc(Cl)cc2)CC1.Cl.Cl. The van der Waals surface area contributed by atoms with E-state index in [1.54, 1.807) is 24.3 Å². The third kappa shape index (κ3) is 7.18. The zero-order valence-electron chi connectivity index (χ0n) is 15.7. The van der Waals surface area contributed by atoms with Crippen LogP contribution in [0.4, 0.5) is 5.69 Å². The van der Waals surface area contributed by atoms with Gasteiger partial charge in [0.15, 0.2) is 0 Å². The van der Waals surface area contributed by atoms with Crippen LogP contribution < -0.4 is 9.64 Å². The van der Waals surface area contributed by atoms with Crippen molar-refractivity contribution in [2.45, 2.75) is 13.0 Å². The summed E-state index contributed by atoms with van der Waals surface area (Å²) in [6.07, 6.45) is -0.523. The number of hydrogen-bond acceptors (Lipinski definition) is 4. The molecule has 0 aliphatic carbocycles.